The Morgan fingerprint density at radius 2 is 1.71 bits per heavy atom. The van der Waals surface area contributed by atoms with Crippen LogP contribution in [0, 0.1) is 17.0 Å². The van der Waals surface area contributed by atoms with Crippen molar-refractivity contribution in [3.05, 3.63) is 104 Å². The van der Waals surface area contributed by atoms with Crippen molar-refractivity contribution < 1.29 is 24.0 Å². The number of imide groups is 2. The van der Waals surface area contributed by atoms with Gasteiger partial charge >= 0.3 is 6.03 Å². The number of nitrogens with one attached hydrogen (secondary N) is 1. The molecule has 9 nitrogen and oxygen atoms in total. The molecule has 4 amide bonds. The number of non-ortho nitro benzene ring substituents is 1. The molecular formula is C25H18ClN3O6. The van der Waals surface area contributed by atoms with E-state index in [9.17, 15) is 24.5 Å². The first kappa shape index (κ1) is 23.7. The normalized spacial score (nSPS) is 14.7. The van der Waals surface area contributed by atoms with E-state index in [4.69, 9.17) is 16.3 Å². The van der Waals surface area contributed by atoms with E-state index in [-0.39, 0.29) is 23.6 Å². The average molecular weight is 492 g/mol. The molecule has 0 saturated carbocycles. The first-order chi connectivity index (χ1) is 16.7. The van der Waals surface area contributed by atoms with Gasteiger partial charge in [0, 0.05) is 17.2 Å². The molecule has 1 fully saturated rings. The van der Waals surface area contributed by atoms with Gasteiger partial charge in [-0.2, -0.15) is 0 Å². The molecule has 1 saturated heterocycles. The quantitative estimate of drug-likeness (QED) is 0.229. The monoisotopic (exact) mass is 491 g/mol. The van der Waals surface area contributed by atoms with Gasteiger partial charge in [0.2, 0.25) is 0 Å². The average Bonchev–Trinajstić information content (AvgIpc) is 2.83. The maximum absolute atomic E-state index is 13.0. The fraction of sp³-hybridized carbons (Fsp3) is 0.0800. The molecule has 1 aliphatic heterocycles. The van der Waals surface area contributed by atoms with E-state index in [1.807, 2.05) is 0 Å². The zero-order valence-corrected chi connectivity index (χ0v) is 19.1. The smallest absolute Gasteiger partial charge is 0.335 e. The van der Waals surface area contributed by atoms with Gasteiger partial charge in [-0.1, -0.05) is 29.8 Å². The summed E-state index contributed by atoms with van der Waals surface area (Å²) in [7, 11) is 0. The van der Waals surface area contributed by atoms with E-state index in [2.05, 4.69) is 5.32 Å². The van der Waals surface area contributed by atoms with E-state index in [0.29, 0.717) is 16.3 Å². The molecule has 0 bridgehead atoms. The zero-order valence-electron chi connectivity index (χ0n) is 18.4. The highest BCUT2D eigenvalue weighted by molar-refractivity contribution is 6.39. The summed E-state index contributed by atoms with van der Waals surface area (Å²) >= 11 is 6.13. The molecule has 0 spiro atoms. The molecule has 35 heavy (non-hydrogen) atoms. The molecule has 0 aromatic heterocycles. The summed E-state index contributed by atoms with van der Waals surface area (Å²) in [5, 5.41) is 13.3. The molecule has 0 radical (unpaired) electrons. The number of carbonyl (C=O) groups is 3. The maximum atomic E-state index is 13.0. The van der Waals surface area contributed by atoms with E-state index >= 15 is 0 Å². The highest BCUT2D eigenvalue weighted by atomic mass is 35.5. The largest absolute Gasteiger partial charge is 0.489 e. The lowest BCUT2D eigenvalue weighted by atomic mass is 10.1. The zero-order chi connectivity index (χ0) is 25.1. The Morgan fingerprint density at radius 3 is 2.34 bits per heavy atom. The van der Waals surface area contributed by atoms with Crippen molar-refractivity contribution in [3.8, 4) is 5.75 Å². The van der Waals surface area contributed by atoms with Crippen LogP contribution in [-0.2, 0) is 16.2 Å². The topological polar surface area (TPSA) is 119 Å². The minimum absolute atomic E-state index is 0.00169. The third-order valence-corrected chi connectivity index (χ3v) is 5.67. The second-order valence-electron chi connectivity index (χ2n) is 7.67. The molecule has 176 valence electrons. The van der Waals surface area contributed by atoms with Gasteiger partial charge in [-0.3, -0.25) is 25.0 Å². The first-order valence-electron chi connectivity index (χ1n) is 10.4. The highest BCUT2D eigenvalue weighted by Crippen LogP contribution is 2.27. The molecule has 1 heterocycles. The number of halogens is 1. The number of rotatable bonds is 6. The summed E-state index contributed by atoms with van der Waals surface area (Å²) in [5.74, 6) is -1.04. The second-order valence-corrected chi connectivity index (χ2v) is 8.08. The molecule has 1 aliphatic rings. The second kappa shape index (κ2) is 9.78. The van der Waals surface area contributed by atoms with Crippen molar-refractivity contribution in [2.75, 3.05) is 4.90 Å². The summed E-state index contributed by atoms with van der Waals surface area (Å²) in [5.41, 5.74) is 2.12. The predicted molar refractivity (Wildman–Crippen MR) is 129 cm³/mol. The number of nitrogens with zero attached hydrogens (tertiary/aromatic N) is 2. The van der Waals surface area contributed by atoms with Crippen LogP contribution in [0.1, 0.15) is 16.7 Å². The number of carbonyl (C=O) groups excluding carboxylic acids is 3. The van der Waals surface area contributed by atoms with Crippen molar-refractivity contribution in [2.45, 2.75) is 13.5 Å². The number of barbiturate groups is 1. The lowest BCUT2D eigenvalue weighted by Gasteiger charge is -2.26. The lowest BCUT2D eigenvalue weighted by molar-refractivity contribution is -0.384. The number of anilines is 1. The van der Waals surface area contributed by atoms with Crippen LogP contribution >= 0.6 is 11.6 Å². The number of aryl methyl sites for hydroxylation is 1. The fourth-order valence-electron chi connectivity index (χ4n) is 3.32. The summed E-state index contributed by atoms with van der Waals surface area (Å²) in [4.78, 5) is 48.9. The number of benzene rings is 3. The maximum Gasteiger partial charge on any atom is 0.335 e. The Hall–Kier alpha value is -4.50. The summed E-state index contributed by atoms with van der Waals surface area (Å²) < 4.78 is 5.69. The Kier molecular flexibility index (Phi) is 6.61. The molecule has 1 N–H and O–H groups in total. The van der Waals surface area contributed by atoms with Gasteiger partial charge in [0.05, 0.1) is 10.6 Å². The molecule has 3 aromatic carbocycles. The van der Waals surface area contributed by atoms with Gasteiger partial charge in [0.1, 0.15) is 17.9 Å². The third-order valence-electron chi connectivity index (χ3n) is 5.26. The number of hydrogen-bond donors (Lipinski definition) is 1. The van der Waals surface area contributed by atoms with Crippen molar-refractivity contribution in [3.63, 3.8) is 0 Å². The van der Waals surface area contributed by atoms with E-state index < -0.39 is 22.8 Å². The minimum atomic E-state index is -0.855. The predicted octanol–water partition coefficient (Wildman–Crippen LogP) is 4.80. The Bertz CT molecular complexity index is 1370. The van der Waals surface area contributed by atoms with Crippen LogP contribution in [-0.4, -0.2) is 22.8 Å². The highest BCUT2D eigenvalue weighted by Gasteiger charge is 2.36. The van der Waals surface area contributed by atoms with Crippen LogP contribution in [0.25, 0.3) is 6.08 Å². The van der Waals surface area contributed by atoms with Crippen molar-refractivity contribution in [2.24, 2.45) is 0 Å². The van der Waals surface area contributed by atoms with Crippen LogP contribution in [0.3, 0.4) is 0 Å². The molecule has 10 heteroatoms. The molecule has 0 unspecified atom stereocenters. The number of urea groups is 1. The number of ether oxygens (including phenoxy) is 1. The van der Waals surface area contributed by atoms with Crippen LogP contribution < -0.4 is 15.0 Å². The molecule has 0 atom stereocenters. The standard InChI is InChI=1S/C25H18ClN3O6/c1-15-2-7-19(13-22(15)26)28-24(31)21(23(30)27-25(28)32)12-16-5-10-20(11-6-16)35-14-17-3-8-18(9-4-17)29(33)34/h2-13H,14H2,1H3,(H,27,30,32). The number of hydrogen-bond acceptors (Lipinski definition) is 6. The Labute approximate surface area is 204 Å². The summed E-state index contributed by atoms with van der Waals surface area (Å²) in [6.07, 6.45) is 1.38. The van der Waals surface area contributed by atoms with Crippen molar-refractivity contribution >= 4 is 46.9 Å². The molecular weight excluding hydrogens is 474 g/mol. The van der Waals surface area contributed by atoms with Crippen LogP contribution in [0.5, 0.6) is 5.75 Å². The van der Waals surface area contributed by atoms with Gasteiger partial charge in [-0.15, -0.1) is 0 Å². The Balaban J connectivity index is 1.49. The van der Waals surface area contributed by atoms with Gasteiger partial charge in [-0.05, 0) is 66.1 Å². The SMILES string of the molecule is Cc1ccc(N2C(=O)NC(=O)C(=Cc3ccc(OCc4ccc([N+](=O)[O-])cc4)cc3)C2=O)cc1Cl. The summed E-state index contributed by atoms with van der Waals surface area (Å²) in [6.45, 7) is 1.99. The fourth-order valence-corrected chi connectivity index (χ4v) is 3.50. The van der Waals surface area contributed by atoms with E-state index in [1.54, 1.807) is 55.5 Å². The van der Waals surface area contributed by atoms with Crippen LogP contribution in [0.2, 0.25) is 5.02 Å². The summed E-state index contributed by atoms with van der Waals surface area (Å²) in [6, 6.07) is 16.5. The molecule has 0 aliphatic carbocycles. The number of amides is 4. The Morgan fingerprint density at radius 1 is 1.03 bits per heavy atom. The van der Waals surface area contributed by atoms with Gasteiger partial charge in [0.15, 0.2) is 0 Å². The van der Waals surface area contributed by atoms with Crippen LogP contribution in [0.4, 0.5) is 16.2 Å². The molecule has 4 rings (SSSR count). The van der Waals surface area contributed by atoms with Gasteiger partial charge in [-0.25, -0.2) is 9.69 Å². The van der Waals surface area contributed by atoms with Crippen molar-refractivity contribution in [1.29, 1.82) is 0 Å². The minimum Gasteiger partial charge on any atom is -0.489 e. The van der Waals surface area contributed by atoms with Gasteiger partial charge < -0.3 is 4.74 Å². The van der Waals surface area contributed by atoms with Crippen molar-refractivity contribution in [1.82, 2.24) is 5.32 Å². The third kappa shape index (κ3) is 5.20. The number of nitro benzene ring substituents is 1. The first-order valence-corrected chi connectivity index (χ1v) is 10.7. The molecule has 3 aromatic rings. The number of nitro groups is 1. The van der Waals surface area contributed by atoms with E-state index in [1.165, 1.54) is 24.3 Å². The van der Waals surface area contributed by atoms with Crippen LogP contribution in [0.15, 0.2) is 72.3 Å². The van der Waals surface area contributed by atoms with E-state index in [0.717, 1.165) is 16.0 Å². The lowest BCUT2D eigenvalue weighted by Crippen LogP contribution is -2.54. The van der Waals surface area contributed by atoms with Gasteiger partial charge in [0.25, 0.3) is 17.5 Å².